The van der Waals surface area contributed by atoms with E-state index in [1.807, 2.05) is 12.2 Å². The van der Waals surface area contributed by atoms with Crippen molar-refractivity contribution in [3.05, 3.63) is 24.2 Å². The van der Waals surface area contributed by atoms with Gasteiger partial charge in [0.2, 0.25) is 5.88 Å². The first kappa shape index (κ1) is 5.03. The molecule has 0 saturated carbocycles. The summed E-state index contributed by atoms with van der Waals surface area (Å²) in [6, 6.07) is 0. The fourth-order valence-electron chi connectivity index (χ4n) is 0.457. The van der Waals surface area contributed by atoms with Crippen LogP contribution in [0.25, 0.3) is 0 Å². The van der Waals surface area contributed by atoms with E-state index in [9.17, 15) is 0 Å². The van der Waals surface area contributed by atoms with E-state index in [0.717, 1.165) is 5.88 Å². The van der Waals surface area contributed by atoms with Gasteiger partial charge in [-0.05, 0) is 6.08 Å². The van der Waals surface area contributed by atoms with Crippen LogP contribution >= 0.6 is 0 Å². The van der Waals surface area contributed by atoms with Gasteiger partial charge in [-0.2, -0.15) is 0 Å². The van der Waals surface area contributed by atoms with Crippen molar-refractivity contribution in [2.45, 2.75) is 0 Å². The summed E-state index contributed by atoms with van der Waals surface area (Å²) >= 11 is 0. The van der Waals surface area contributed by atoms with E-state index in [1.165, 1.54) is 0 Å². The van der Waals surface area contributed by atoms with Gasteiger partial charge < -0.3 is 10.2 Å². The van der Waals surface area contributed by atoms with Gasteiger partial charge >= 0.3 is 0 Å². The maximum absolute atomic E-state index is 4.83. The SMILES string of the molecule is COC1=CC=CNN1. The number of hydrogen-bond acceptors (Lipinski definition) is 3. The molecule has 0 aromatic heterocycles. The number of hydrazine groups is 1. The Hall–Kier alpha value is -1.12. The third-order valence-electron chi connectivity index (χ3n) is 0.842. The van der Waals surface area contributed by atoms with E-state index >= 15 is 0 Å². The van der Waals surface area contributed by atoms with E-state index in [2.05, 4.69) is 10.9 Å². The molecule has 1 aliphatic heterocycles. The summed E-state index contributed by atoms with van der Waals surface area (Å²) < 4.78 is 4.83. The van der Waals surface area contributed by atoms with Gasteiger partial charge in [0.15, 0.2) is 0 Å². The largest absolute Gasteiger partial charge is 0.481 e. The van der Waals surface area contributed by atoms with E-state index in [-0.39, 0.29) is 0 Å². The molecule has 1 heterocycles. The highest BCUT2D eigenvalue weighted by Crippen LogP contribution is 1.90. The summed E-state index contributed by atoms with van der Waals surface area (Å²) in [4.78, 5) is 0. The molecule has 0 bridgehead atoms. The van der Waals surface area contributed by atoms with Gasteiger partial charge in [0.1, 0.15) is 0 Å². The number of nitrogens with one attached hydrogen (secondary N) is 2. The minimum Gasteiger partial charge on any atom is -0.481 e. The molecule has 0 atom stereocenters. The Labute approximate surface area is 48.0 Å². The molecule has 0 aliphatic carbocycles. The zero-order valence-electron chi connectivity index (χ0n) is 4.64. The van der Waals surface area contributed by atoms with Gasteiger partial charge in [0.05, 0.1) is 7.11 Å². The second kappa shape index (κ2) is 2.26. The van der Waals surface area contributed by atoms with Crippen molar-refractivity contribution in [1.29, 1.82) is 0 Å². The Bertz CT molecular complexity index is 128. The van der Waals surface area contributed by atoms with Crippen LogP contribution in [0.4, 0.5) is 0 Å². The molecule has 3 heteroatoms. The monoisotopic (exact) mass is 112 g/mol. The normalized spacial score (nSPS) is 15.9. The van der Waals surface area contributed by atoms with E-state index in [0.29, 0.717) is 0 Å². The van der Waals surface area contributed by atoms with Crippen molar-refractivity contribution in [1.82, 2.24) is 10.9 Å². The second-order valence-electron chi connectivity index (χ2n) is 1.36. The van der Waals surface area contributed by atoms with Crippen molar-refractivity contribution in [2.24, 2.45) is 0 Å². The minimum absolute atomic E-state index is 0.729. The number of methoxy groups -OCH3 is 1. The Kier molecular flexibility index (Phi) is 1.42. The molecule has 2 N–H and O–H groups in total. The zero-order chi connectivity index (χ0) is 5.82. The molecule has 0 radical (unpaired) electrons. The Morgan fingerprint density at radius 2 is 2.50 bits per heavy atom. The molecule has 3 nitrogen and oxygen atoms in total. The third-order valence-corrected chi connectivity index (χ3v) is 0.842. The Morgan fingerprint density at radius 3 is 2.88 bits per heavy atom. The molecule has 0 fully saturated rings. The van der Waals surface area contributed by atoms with Gasteiger partial charge in [-0.3, -0.25) is 5.43 Å². The third kappa shape index (κ3) is 0.932. The molecule has 0 amide bonds. The summed E-state index contributed by atoms with van der Waals surface area (Å²) in [6.07, 6.45) is 5.47. The predicted octanol–water partition coefficient (Wildman–Crippen LogP) is 0.0957. The quantitative estimate of drug-likeness (QED) is 0.504. The van der Waals surface area contributed by atoms with Gasteiger partial charge in [-0.25, -0.2) is 0 Å². The summed E-state index contributed by atoms with van der Waals surface area (Å²) in [7, 11) is 1.61. The van der Waals surface area contributed by atoms with Gasteiger partial charge in [-0.15, -0.1) is 0 Å². The maximum Gasteiger partial charge on any atom is 0.205 e. The number of ether oxygens (including phenoxy) is 1. The second-order valence-corrected chi connectivity index (χ2v) is 1.36. The lowest BCUT2D eigenvalue weighted by Gasteiger charge is -2.10. The number of allylic oxidation sites excluding steroid dienone is 2. The van der Waals surface area contributed by atoms with Crippen LogP contribution in [-0.4, -0.2) is 7.11 Å². The van der Waals surface area contributed by atoms with Crippen LogP contribution in [-0.2, 0) is 4.74 Å². The molecule has 44 valence electrons. The van der Waals surface area contributed by atoms with Crippen molar-refractivity contribution in [3.8, 4) is 0 Å². The van der Waals surface area contributed by atoms with Crippen molar-refractivity contribution >= 4 is 0 Å². The smallest absolute Gasteiger partial charge is 0.205 e. The first-order valence-corrected chi connectivity index (χ1v) is 2.36. The van der Waals surface area contributed by atoms with Crippen LogP contribution in [0.1, 0.15) is 0 Å². The molecular weight excluding hydrogens is 104 g/mol. The zero-order valence-corrected chi connectivity index (χ0v) is 4.64. The van der Waals surface area contributed by atoms with E-state index < -0.39 is 0 Å². The lowest BCUT2D eigenvalue weighted by Crippen LogP contribution is -2.28. The van der Waals surface area contributed by atoms with Crippen LogP contribution in [0, 0.1) is 0 Å². The number of hydrogen-bond donors (Lipinski definition) is 2. The topological polar surface area (TPSA) is 33.3 Å². The molecule has 0 aromatic carbocycles. The molecule has 0 aromatic rings. The standard InChI is InChI=1S/C5H8N2O/c1-8-5-3-2-4-6-7-5/h2-4,6-7H,1H3. The van der Waals surface area contributed by atoms with Crippen LogP contribution in [0.3, 0.4) is 0 Å². The first-order valence-electron chi connectivity index (χ1n) is 2.36. The van der Waals surface area contributed by atoms with Gasteiger partial charge in [0, 0.05) is 12.3 Å². The summed E-state index contributed by atoms with van der Waals surface area (Å²) in [5, 5.41) is 0. The highest BCUT2D eigenvalue weighted by molar-refractivity contribution is 5.08. The maximum atomic E-state index is 4.83. The minimum atomic E-state index is 0.729. The fourth-order valence-corrected chi connectivity index (χ4v) is 0.457. The van der Waals surface area contributed by atoms with Crippen LogP contribution in [0.2, 0.25) is 0 Å². The molecular formula is C5H8N2O. The first-order chi connectivity index (χ1) is 3.93. The summed E-state index contributed by atoms with van der Waals surface area (Å²) in [6.45, 7) is 0. The van der Waals surface area contributed by atoms with Crippen LogP contribution < -0.4 is 10.9 Å². The van der Waals surface area contributed by atoms with Crippen molar-refractivity contribution in [2.75, 3.05) is 7.11 Å². The molecule has 1 aliphatic rings. The Morgan fingerprint density at radius 1 is 1.62 bits per heavy atom. The predicted molar refractivity (Wildman–Crippen MR) is 30.5 cm³/mol. The average molecular weight is 112 g/mol. The lowest BCUT2D eigenvalue weighted by atomic mass is 10.5. The molecule has 1 rings (SSSR count). The molecule has 8 heavy (non-hydrogen) atoms. The summed E-state index contributed by atoms with van der Waals surface area (Å²) in [5.41, 5.74) is 5.53. The molecule has 0 unspecified atom stereocenters. The van der Waals surface area contributed by atoms with Crippen molar-refractivity contribution < 1.29 is 4.74 Å². The lowest BCUT2D eigenvalue weighted by molar-refractivity contribution is 0.252. The van der Waals surface area contributed by atoms with Gasteiger partial charge in [0.25, 0.3) is 0 Å². The van der Waals surface area contributed by atoms with Crippen LogP contribution in [0.15, 0.2) is 24.2 Å². The fraction of sp³-hybridized carbons (Fsp3) is 0.200. The average Bonchev–Trinajstić information content (AvgIpc) is 1.90. The van der Waals surface area contributed by atoms with Crippen LogP contribution in [0.5, 0.6) is 0 Å². The highest BCUT2D eigenvalue weighted by Gasteiger charge is 1.91. The van der Waals surface area contributed by atoms with Crippen molar-refractivity contribution in [3.63, 3.8) is 0 Å². The Balaban J connectivity index is 2.50. The number of rotatable bonds is 1. The van der Waals surface area contributed by atoms with E-state index in [4.69, 9.17) is 4.74 Å². The molecule has 0 spiro atoms. The van der Waals surface area contributed by atoms with Gasteiger partial charge in [-0.1, -0.05) is 0 Å². The molecule has 0 saturated heterocycles. The summed E-state index contributed by atoms with van der Waals surface area (Å²) in [5.74, 6) is 0.729. The highest BCUT2D eigenvalue weighted by atomic mass is 16.5. The van der Waals surface area contributed by atoms with E-state index in [1.54, 1.807) is 13.3 Å².